The lowest BCUT2D eigenvalue weighted by atomic mass is 10.1. The fourth-order valence-electron chi connectivity index (χ4n) is 1.81. The van der Waals surface area contributed by atoms with Crippen LogP contribution in [-0.4, -0.2) is 32.8 Å². The van der Waals surface area contributed by atoms with Crippen molar-refractivity contribution in [1.29, 1.82) is 0 Å². The summed E-state index contributed by atoms with van der Waals surface area (Å²) in [5.74, 6) is 0.173. The predicted molar refractivity (Wildman–Crippen MR) is 75.3 cm³/mol. The van der Waals surface area contributed by atoms with Crippen molar-refractivity contribution in [2.75, 3.05) is 20.8 Å². The zero-order chi connectivity index (χ0) is 15.8. The number of ether oxygens (including phenoxy) is 4. The molecule has 0 spiro atoms. The lowest BCUT2D eigenvalue weighted by Gasteiger charge is -2.18. The third-order valence-corrected chi connectivity index (χ3v) is 2.71. The van der Waals surface area contributed by atoms with Crippen molar-refractivity contribution in [3.63, 3.8) is 0 Å². The van der Waals surface area contributed by atoms with Crippen LogP contribution in [0.3, 0.4) is 0 Å². The first-order chi connectivity index (χ1) is 9.99. The number of benzene rings is 1. The average molecular weight is 296 g/mol. The van der Waals surface area contributed by atoms with E-state index in [-0.39, 0.29) is 13.0 Å². The van der Waals surface area contributed by atoms with E-state index in [1.54, 1.807) is 25.1 Å². The Bertz CT molecular complexity index is 475. The molecule has 0 bridgehead atoms. The van der Waals surface area contributed by atoms with Gasteiger partial charge in [-0.1, -0.05) is 0 Å². The molecule has 0 aromatic heterocycles. The molecule has 116 valence electrons. The van der Waals surface area contributed by atoms with Gasteiger partial charge in [-0.25, -0.2) is 0 Å². The molecule has 1 aromatic rings. The fourth-order valence-corrected chi connectivity index (χ4v) is 1.81. The Hall–Kier alpha value is -2.24. The Morgan fingerprint density at radius 2 is 1.67 bits per heavy atom. The summed E-state index contributed by atoms with van der Waals surface area (Å²) in [6.45, 7) is 3.27. The summed E-state index contributed by atoms with van der Waals surface area (Å²) >= 11 is 0. The van der Waals surface area contributed by atoms with Gasteiger partial charge in [0, 0.05) is 18.6 Å². The van der Waals surface area contributed by atoms with E-state index in [9.17, 15) is 9.59 Å². The van der Waals surface area contributed by atoms with Crippen molar-refractivity contribution in [3.8, 4) is 11.5 Å². The molecule has 0 N–H and O–H groups in total. The first-order valence-electron chi connectivity index (χ1n) is 6.56. The molecule has 0 aliphatic heterocycles. The third kappa shape index (κ3) is 5.33. The van der Waals surface area contributed by atoms with Crippen LogP contribution in [0.4, 0.5) is 0 Å². The summed E-state index contributed by atoms with van der Waals surface area (Å²) in [5, 5.41) is 0. The van der Waals surface area contributed by atoms with Crippen molar-refractivity contribution < 1.29 is 28.5 Å². The van der Waals surface area contributed by atoms with Gasteiger partial charge < -0.3 is 18.9 Å². The number of carbonyl (C=O) groups excluding carboxylic acids is 2. The van der Waals surface area contributed by atoms with E-state index in [1.807, 2.05) is 0 Å². The first kappa shape index (κ1) is 16.8. The minimum Gasteiger partial charge on any atom is -0.497 e. The zero-order valence-corrected chi connectivity index (χ0v) is 12.7. The lowest BCUT2D eigenvalue weighted by Crippen LogP contribution is -2.15. The predicted octanol–water partition coefficient (Wildman–Crippen LogP) is 2.26. The van der Waals surface area contributed by atoms with Crippen LogP contribution in [0.2, 0.25) is 0 Å². The number of esters is 2. The van der Waals surface area contributed by atoms with Crippen molar-refractivity contribution in [3.05, 3.63) is 23.8 Å². The smallest absolute Gasteiger partial charge is 0.309 e. The molecule has 6 nitrogen and oxygen atoms in total. The number of carbonyl (C=O) groups is 2. The van der Waals surface area contributed by atoms with Gasteiger partial charge in [-0.15, -0.1) is 0 Å². The summed E-state index contributed by atoms with van der Waals surface area (Å²) in [4.78, 5) is 22.9. The van der Waals surface area contributed by atoms with Gasteiger partial charge in [-0.3, -0.25) is 9.59 Å². The Labute approximate surface area is 123 Å². The molecule has 1 rings (SSSR count). The van der Waals surface area contributed by atoms with Crippen LogP contribution in [0.15, 0.2) is 18.2 Å². The monoisotopic (exact) mass is 296 g/mol. The summed E-state index contributed by atoms with van der Waals surface area (Å²) < 4.78 is 20.4. The van der Waals surface area contributed by atoms with Crippen molar-refractivity contribution in [1.82, 2.24) is 0 Å². The highest BCUT2D eigenvalue weighted by Gasteiger charge is 2.21. The summed E-state index contributed by atoms with van der Waals surface area (Å²) in [7, 11) is 3.04. The lowest BCUT2D eigenvalue weighted by molar-refractivity contribution is -0.153. The first-order valence-corrected chi connectivity index (χ1v) is 6.56. The largest absolute Gasteiger partial charge is 0.497 e. The standard InChI is InChI=1S/C15H20O6/c1-5-20-15(17)9-14(21-10(2)16)11-6-12(18-3)8-13(7-11)19-4/h6-8,14H,5,9H2,1-4H3. The van der Waals surface area contributed by atoms with Gasteiger partial charge >= 0.3 is 11.9 Å². The van der Waals surface area contributed by atoms with Crippen LogP contribution < -0.4 is 9.47 Å². The van der Waals surface area contributed by atoms with Crippen LogP contribution in [0, 0.1) is 0 Å². The molecule has 1 aromatic carbocycles. The second kappa shape index (κ2) is 8.14. The second-order valence-electron chi connectivity index (χ2n) is 4.25. The number of methoxy groups -OCH3 is 2. The Morgan fingerprint density at radius 1 is 1.10 bits per heavy atom. The van der Waals surface area contributed by atoms with Gasteiger partial charge in [0.2, 0.25) is 0 Å². The van der Waals surface area contributed by atoms with Crippen LogP contribution >= 0.6 is 0 Å². The van der Waals surface area contributed by atoms with Crippen molar-refractivity contribution in [2.45, 2.75) is 26.4 Å². The van der Waals surface area contributed by atoms with E-state index in [0.29, 0.717) is 17.1 Å². The molecule has 6 heteroatoms. The molecule has 0 heterocycles. The van der Waals surface area contributed by atoms with E-state index in [2.05, 4.69) is 0 Å². The SMILES string of the molecule is CCOC(=O)CC(OC(C)=O)c1cc(OC)cc(OC)c1. The molecular weight excluding hydrogens is 276 g/mol. The molecule has 1 unspecified atom stereocenters. The van der Waals surface area contributed by atoms with E-state index >= 15 is 0 Å². The van der Waals surface area contributed by atoms with E-state index in [0.717, 1.165) is 0 Å². The number of hydrogen-bond acceptors (Lipinski definition) is 6. The number of hydrogen-bond donors (Lipinski definition) is 0. The number of rotatable bonds is 7. The van der Waals surface area contributed by atoms with Gasteiger partial charge in [0.15, 0.2) is 0 Å². The van der Waals surface area contributed by atoms with Gasteiger partial charge in [0.05, 0.1) is 27.2 Å². The molecule has 0 aliphatic rings. The Morgan fingerprint density at radius 3 is 2.10 bits per heavy atom. The van der Waals surface area contributed by atoms with Gasteiger partial charge in [-0.05, 0) is 19.1 Å². The van der Waals surface area contributed by atoms with Crippen LogP contribution in [0.5, 0.6) is 11.5 Å². The van der Waals surface area contributed by atoms with Crippen molar-refractivity contribution in [2.24, 2.45) is 0 Å². The molecular formula is C15H20O6. The highest BCUT2D eigenvalue weighted by Crippen LogP contribution is 2.30. The van der Waals surface area contributed by atoms with Crippen molar-refractivity contribution >= 4 is 11.9 Å². The fraction of sp³-hybridized carbons (Fsp3) is 0.467. The van der Waals surface area contributed by atoms with Gasteiger partial charge in [0.1, 0.15) is 17.6 Å². The molecule has 0 radical (unpaired) electrons. The summed E-state index contributed by atoms with van der Waals surface area (Å²) in [5.41, 5.74) is 0.606. The molecule has 0 aliphatic carbocycles. The average Bonchev–Trinajstić information content (AvgIpc) is 2.45. The minimum atomic E-state index is -0.745. The molecule has 1 atom stereocenters. The van der Waals surface area contributed by atoms with E-state index in [1.165, 1.54) is 21.1 Å². The zero-order valence-electron chi connectivity index (χ0n) is 12.7. The maximum atomic E-state index is 11.6. The quantitative estimate of drug-likeness (QED) is 0.719. The third-order valence-electron chi connectivity index (χ3n) is 2.71. The molecule has 0 saturated carbocycles. The second-order valence-corrected chi connectivity index (χ2v) is 4.25. The van der Waals surface area contributed by atoms with Gasteiger partial charge in [0.25, 0.3) is 0 Å². The van der Waals surface area contributed by atoms with E-state index in [4.69, 9.17) is 18.9 Å². The normalized spacial score (nSPS) is 11.4. The van der Waals surface area contributed by atoms with Gasteiger partial charge in [-0.2, -0.15) is 0 Å². The maximum absolute atomic E-state index is 11.6. The highest BCUT2D eigenvalue weighted by molar-refractivity contribution is 5.72. The summed E-state index contributed by atoms with van der Waals surface area (Å²) in [6, 6.07) is 5.07. The Kier molecular flexibility index (Phi) is 6.52. The molecule has 0 amide bonds. The Balaban J connectivity index is 3.06. The molecule has 21 heavy (non-hydrogen) atoms. The minimum absolute atomic E-state index is 0.0657. The topological polar surface area (TPSA) is 71.1 Å². The van der Waals surface area contributed by atoms with Crippen LogP contribution in [0.1, 0.15) is 31.9 Å². The molecule has 0 saturated heterocycles. The van der Waals surface area contributed by atoms with Crippen LogP contribution in [0.25, 0.3) is 0 Å². The summed E-state index contributed by atoms with van der Waals surface area (Å²) in [6.07, 6.45) is -0.811. The maximum Gasteiger partial charge on any atom is 0.309 e. The van der Waals surface area contributed by atoms with Crippen LogP contribution in [-0.2, 0) is 19.1 Å². The highest BCUT2D eigenvalue weighted by atomic mass is 16.6. The molecule has 0 fully saturated rings. The van der Waals surface area contributed by atoms with E-state index < -0.39 is 18.0 Å².